The Morgan fingerprint density at radius 3 is 3.00 bits per heavy atom. The molecule has 2 amide bonds. The minimum atomic E-state index is -0.322. The predicted octanol–water partition coefficient (Wildman–Crippen LogP) is 0.628. The molecular weight excluding hydrogens is 190 g/mol. The van der Waals surface area contributed by atoms with E-state index >= 15 is 0 Å². The quantitative estimate of drug-likeness (QED) is 0.602. The molecule has 2 heterocycles. The molecular formula is C11H9N3O. The van der Waals surface area contributed by atoms with Crippen molar-refractivity contribution >= 4 is 6.03 Å². The van der Waals surface area contributed by atoms with E-state index in [2.05, 4.69) is 34.0 Å². The molecule has 0 aromatic carbocycles. The Labute approximate surface area is 87.4 Å². The minimum absolute atomic E-state index is 0.259. The van der Waals surface area contributed by atoms with Crippen LogP contribution in [0.25, 0.3) is 0 Å². The first-order chi connectivity index (χ1) is 7.25. The van der Waals surface area contributed by atoms with Gasteiger partial charge in [-0.05, 0) is 12.1 Å². The van der Waals surface area contributed by atoms with Crippen LogP contribution in [0.15, 0.2) is 36.8 Å². The first kappa shape index (κ1) is 9.28. The lowest BCUT2D eigenvalue weighted by Crippen LogP contribution is -2.24. The highest BCUT2D eigenvalue weighted by molar-refractivity contribution is 5.81. The summed E-state index contributed by atoms with van der Waals surface area (Å²) in [6.45, 7) is 3.69. The van der Waals surface area contributed by atoms with Gasteiger partial charge in [-0.15, -0.1) is 0 Å². The fraction of sp³-hybridized carbons (Fsp3) is 0.0909. The number of amides is 2. The molecule has 1 aromatic heterocycles. The molecule has 4 nitrogen and oxygen atoms in total. The van der Waals surface area contributed by atoms with E-state index in [0.717, 1.165) is 5.56 Å². The third-order valence-electron chi connectivity index (χ3n) is 1.92. The molecule has 1 atom stereocenters. The van der Waals surface area contributed by atoms with Gasteiger partial charge in [-0.1, -0.05) is 18.4 Å². The molecule has 1 aliphatic rings. The van der Waals surface area contributed by atoms with Gasteiger partial charge in [0.1, 0.15) is 6.04 Å². The Balaban J connectivity index is 2.13. The van der Waals surface area contributed by atoms with Crippen LogP contribution in [0.1, 0.15) is 5.56 Å². The average Bonchev–Trinajstić information content (AvgIpc) is 2.56. The predicted molar refractivity (Wildman–Crippen MR) is 55.7 cm³/mol. The van der Waals surface area contributed by atoms with Crippen molar-refractivity contribution < 1.29 is 4.79 Å². The monoisotopic (exact) mass is 199 g/mol. The highest BCUT2D eigenvalue weighted by Crippen LogP contribution is 2.02. The summed E-state index contributed by atoms with van der Waals surface area (Å²) in [5.74, 6) is 5.80. The standard InChI is InChI=1S/C11H9N3O/c1-8-10(14-11(15)13-8)5-4-9-3-2-6-12-7-9/h2-3,6-7,10H,1H2,(H2,13,14,15). The Morgan fingerprint density at radius 1 is 1.53 bits per heavy atom. The number of urea groups is 1. The Morgan fingerprint density at radius 2 is 2.40 bits per heavy atom. The van der Waals surface area contributed by atoms with Gasteiger partial charge in [0.15, 0.2) is 0 Å². The van der Waals surface area contributed by atoms with Crippen molar-refractivity contribution in [1.29, 1.82) is 0 Å². The molecule has 15 heavy (non-hydrogen) atoms. The lowest BCUT2D eigenvalue weighted by Gasteiger charge is -1.98. The molecule has 0 aliphatic carbocycles. The molecule has 0 radical (unpaired) electrons. The van der Waals surface area contributed by atoms with Crippen molar-refractivity contribution in [2.45, 2.75) is 6.04 Å². The number of rotatable bonds is 0. The second kappa shape index (κ2) is 3.84. The summed E-state index contributed by atoms with van der Waals surface area (Å²) in [7, 11) is 0. The number of hydrogen-bond acceptors (Lipinski definition) is 2. The van der Waals surface area contributed by atoms with Crippen LogP contribution in [0.2, 0.25) is 0 Å². The third-order valence-corrected chi connectivity index (χ3v) is 1.92. The van der Waals surface area contributed by atoms with Crippen molar-refractivity contribution in [3.63, 3.8) is 0 Å². The first-order valence-electron chi connectivity index (χ1n) is 4.43. The number of carbonyl (C=O) groups excluding carboxylic acids is 1. The molecule has 1 aromatic rings. The number of nitrogens with zero attached hydrogens (tertiary/aromatic N) is 1. The molecule has 1 unspecified atom stereocenters. The summed E-state index contributed by atoms with van der Waals surface area (Å²) in [6, 6.07) is 3.08. The van der Waals surface area contributed by atoms with Gasteiger partial charge in [-0.2, -0.15) is 0 Å². The fourth-order valence-electron chi connectivity index (χ4n) is 1.19. The van der Waals surface area contributed by atoms with Crippen LogP contribution in [0, 0.1) is 11.8 Å². The van der Waals surface area contributed by atoms with Gasteiger partial charge in [-0.25, -0.2) is 4.79 Å². The SMILES string of the molecule is C=C1NC(=O)NC1C#Cc1cccnc1. The van der Waals surface area contributed by atoms with Gasteiger partial charge in [0.05, 0.1) is 0 Å². The molecule has 0 saturated carbocycles. The maximum absolute atomic E-state index is 10.9. The Bertz CT molecular complexity index is 456. The van der Waals surface area contributed by atoms with Crippen molar-refractivity contribution in [2.75, 3.05) is 0 Å². The molecule has 1 aliphatic heterocycles. The molecule has 2 rings (SSSR count). The molecule has 1 fully saturated rings. The summed E-state index contributed by atoms with van der Waals surface area (Å²) >= 11 is 0. The van der Waals surface area contributed by atoms with Crippen molar-refractivity contribution in [3.8, 4) is 11.8 Å². The number of hydrogen-bond donors (Lipinski definition) is 2. The van der Waals surface area contributed by atoms with Crippen LogP contribution < -0.4 is 10.6 Å². The zero-order valence-electron chi connectivity index (χ0n) is 7.95. The summed E-state index contributed by atoms with van der Waals surface area (Å²) in [5.41, 5.74) is 1.39. The van der Waals surface area contributed by atoms with Crippen molar-refractivity contribution in [3.05, 3.63) is 42.4 Å². The second-order valence-electron chi connectivity index (χ2n) is 3.07. The Hall–Kier alpha value is -2.28. The molecule has 74 valence electrons. The van der Waals surface area contributed by atoms with Crippen molar-refractivity contribution in [2.24, 2.45) is 0 Å². The number of aromatic nitrogens is 1. The van der Waals surface area contributed by atoms with Gasteiger partial charge in [0, 0.05) is 23.7 Å². The molecule has 2 N–H and O–H groups in total. The van der Waals surface area contributed by atoms with Gasteiger partial charge in [0.2, 0.25) is 0 Å². The van der Waals surface area contributed by atoms with Gasteiger partial charge >= 0.3 is 6.03 Å². The zero-order valence-corrected chi connectivity index (χ0v) is 7.95. The maximum atomic E-state index is 10.9. The van der Waals surface area contributed by atoms with Crippen LogP contribution in [-0.4, -0.2) is 17.1 Å². The zero-order chi connectivity index (χ0) is 10.7. The largest absolute Gasteiger partial charge is 0.320 e. The van der Waals surface area contributed by atoms with Crippen LogP contribution in [-0.2, 0) is 0 Å². The van der Waals surface area contributed by atoms with Gasteiger partial charge in [0.25, 0.3) is 0 Å². The van der Waals surface area contributed by atoms with Gasteiger partial charge in [-0.3, -0.25) is 4.98 Å². The van der Waals surface area contributed by atoms with Crippen LogP contribution >= 0.6 is 0 Å². The number of carbonyl (C=O) groups is 1. The van der Waals surface area contributed by atoms with E-state index in [1.807, 2.05) is 12.1 Å². The van der Waals surface area contributed by atoms with E-state index in [1.54, 1.807) is 12.4 Å². The minimum Gasteiger partial charge on any atom is -0.319 e. The highest BCUT2D eigenvalue weighted by Gasteiger charge is 2.21. The first-order valence-corrected chi connectivity index (χ1v) is 4.43. The molecule has 0 bridgehead atoms. The van der Waals surface area contributed by atoms with E-state index in [1.165, 1.54) is 0 Å². The number of pyridine rings is 1. The average molecular weight is 199 g/mol. The summed E-state index contributed by atoms with van der Waals surface area (Å²) in [6.07, 6.45) is 3.35. The second-order valence-corrected chi connectivity index (χ2v) is 3.07. The van der Waals surface area contributed by atoms with E-state index < -0.39 is 0 Å². The van der Waals surface area contributed by atoms with E-state index in [4.69, 9.17) is 0 Å². The summed E-state index contributed by atoms with van der Waals surface area (Å²) < 4.78 is 0. The Kier molecular flexibility index (Phi) is 2.38. The van der Waals surface area contributed by atoms with E-state index in [-0.39, 0.29) is 12.1 Å². The lowest BCUT2D eigenvalue weighted by molar-refractivity contribution is 0.248. The normalized spacial score (nSPS) is 18.8. The van der Waals surface area contributed by atoms with Crippen LogP contribution in [0.4, 0.5) is 4.79 Å². The van der Waals surface area contributed by atoms with Crippen molar-refractivity contribution in [1.82, 2.24) is 15.6 Å². The molecule has 0 spiro atoms. The van der Waals surface area contributed by atoms with E-state index in [0.29, 0.717) is 5.70 Å². The van der Waals surface area contributed by atoms with E-state index in [9.17, 15) is 4.79 Å². The molecule has 1 saturated heterocycles. The smallest absolute Gasteiger partial charge is 0.319 e. The summed E-state index contributed by atoms with van der Waals surface area (Å²) in [5, 5.41) is 5.17. The topological polar surface area (TPSA) is 54.0 Å². The highest BCUT2D eigenvalue weighted by atomic mass is 16.2. The number of nitrogens with one attached hydrogen (secondary N) is 2. The third kappa shape index (κ3) is 2.15. The lowest BCUT2D eigenvalue weighted by atomic mass is 10.2. The van der Waals surface area contributed by atoms with Crippen LogP contribution in [0.3, 0.4) is 0 Å². The maximum Gasteiger partial charge on any atom is 0.320 e. The summed E-state index contributed by atoms with van der Waals surface area (Å²) in [4.78, 5) is 14.8. The van der Waals surface area contributed by atoms with Crippen LogP contribution in [0.5, 0.6) is 0 Å². The fourth-order valence-corrected chi connectivity index (χ4v) is 1.19. The molecule has 4 heteroatoms. The van der Waals surface area contributed by atoms with Gasteiger partial charge < -0.3 is 10.6 Å².